The second-order valence-corrected chi connectivity index (χ2v) is 7.32. The van der Waals surface area contributed by atoms with Crippen molar-refractivity contribution in [2.24, 2.45) is 0 Å². The summed E-state index contributed by atoms with van der Waals surface area (Å²) in [5, 5.41) is 0. The van der Waals surface area contributed by atoms with E-state index in [0.717, 1.165) is 35.1 Å². The van der Waals surface area contributed by atoms with Gasteiger partial charge in [-0.1, -0.05) is 51.4 Å². The van der Waals surface area contributed by atoms with Crippen LogP contribution in [0.2, 0.25) is 0 Å². The highest BCUT2D eigenvalue weighted by Crippen LogP contribution is 2.39. The van der Waals surface area contributed by atoms with Gasteiger partial charge in [-0.05, 0) is 11.6 Å². The molecule has 4 heteroatoms. The summed E-state index contributed by atoms with van der Waals surface area (Å²) in [5.41, 5.74) is 2.37. The van der Waals surface area contributed by atoms with Crippen molar-refractivity contribution >= 4 is 31.9 Å². The molecule has 1 heterocycles. The lowest BCUT2D eigenvalue weighted by molar-refractivity contribution is 0.120. The van der Waals surface area contributed by atoms with Crippen LogP contribution < -0.4 is 0 Å². The van der Waals surface area contributed by atoms with Gasteiger partial charge in [0, 0.05) is 34.1 Å². The molecular formula is C15H18Br2O2. The Morgan fingerprint density at radius 3 is 3.00 bits per heavy atom. The van der Waals surface area contributed by atoms with E-state index in [2.05, 4.69) is 57.5 Å². The van der Waals surface area contributed by atoms with Crippen molar-refractivity contribution in [1.82, 2.24) is 0 Å². The molecule has 1 aliphatic carbocycles. The second kappa shape index (κ2) is 6.31. The topological polar surface area (TPSA) is 18.5 Å². The van der Waals surface area contributed by atoms with Crippen LogP contribution in [0.1, 0.15) is 26.2 Å². The van der Waals surface area contributed by atoms with Crippen LogP contribution in [0.5, 0.6) is 0 Å². The molecule has 0 saturated heterocycles. The van der Waals surface area contributed by atoms with Crippen LogP contribution in [0.4, 0.5) is 0 Å². The second-order valence-electron chi connectivity index (χ2n) is 4.84. The molecule has 19 heavy (non-hydrogen) atoms. The molecule has 0 radical (unpaired) electrons. The lowest BCUT2D eigenvalue weighted by Gasteiger charge is -2.33. The van der Waals surface area contributed by atoms with E-state index in [9.17, 15) is 0 Å². The van der Waals surface area contributed by atoms with Crippen LogP contribution in [0, 0.1) is 0 Å². The molecule has 2 aliphatic rings. The highest BCUT2D eigenvalue weighted by atomic mass is 79.9. The summed E-state index contributed by atoms with van der Waals surface area (Å²) < 4.78 is 12.6. The first-order chi connectivity index (χ1) is 9.01. The number of hydrogen-bond donors (Lipinski definition) is 0. The number of ether oxygens (including phenoxy) is 2. The molecule has 0 bridgehead atoms. The average Bonchev–Trinajstić information content (AvgIpc) is 2.36. The zero-order chi connectivity index (χ0) is 14.0. The summed E-state index contributed by atoms with van der Waals surface area (Å²) in [6.07, 6.45) is 7.09. The smallest absolute Gasteiger partial charge is 0.123 e. The van der Waals surface area contributed by atoms with Gasteiger partial charge in [-0.2, -0.15) is 0 Å². The molecule has 2 nitrogen and oxygen atoms in total. The van der Waals surface area contributed by atoms with Gasteiger partial charge >= 0.3 is 0 Å². The van der Waals surface area contributed by atoms with E-state index in [0.29, 0.717) is 10.6 Å². The normalized spacial score (nSPS) is 23.9. The van der Waals surface area contributed by atoms with Crippen molar-refractivity contribution in [2.75, 3.05) is 7.11 Å². The van der Waals surface area contributed by atoms with Crippen LogP contribution in [-0.2, 0) is 9.47 Å². The predicted molar refractivity (Wildman–Crippen MR) is 85.4 cm³/mol. The van der Waals surface area contributed by atoms with Crippen molar-refractivity contribution in [1.29, 1.82) is 0 Å². The van der Waals surface area contributed by atoms with Crippen LogP contribution >= 0.6 is 31.9 Å². The van der Waals surface area contributed by atoms with Gasteiger partial charge in [-0.15, -0.1) is 0 Å². The van der Waals surface area contributed by atoms with E-state index in [4.69, 9.17) is 9.47 Å². The van der Waals surface area contributed by atoms with Gasteiger partial charge in [0.25, 0.3) is 0 Å². The van der Waals surface area contributed by atoms with Gasteiger partial charge < -0.3 is 9.47 Å². The molecule has 0 fully saturated rings. The number of hydrogen-bond acceptors (Lipinski definition) is 2. The molecule has 0 amide bonds. The van der Waals surface area contributed by atoms with E-state index in [-0.39, 0.29) is 6.10 Å². The first kappa shape index (κ1) is 14.9. The number of fused-ring (bicyclic) bond motifs is 1. The van der Waals surface area contributed by atoms with Crippen molar-refractivity contribution in [3.63, 3.8) is 0 Å². The molecule has 0 N–H and O–H groups in total. The van der Waals surface area contributed by atoms with E-state index >= 15 is 0 Å². The van der Waals surface area contributed by atoms with Crippen LogP contribution in [0.25, 0.3) is 0 Å². The molecule has 0 aromatic heterocycles. The Balaban J connectivity index is 2.31. The van der Waals surface area contributed by atoms with Gasteiger partial charge in [0.05, 0.1) is 7.11 Å². The third-order valence-electron chi connectivity index (χ3n) is 3.32. The maximum atomic E-state index is 6.16. The monoisotopic (exact) mass is 388 g/mol. The molecule has 2 atom stereocenters. The Hall–Kier alpha value is -0.480. The summed E-state index contributed by atoms with van der Waals surface area (Å²) in [6, 6.07) is 0. The van der Waals surface area contributed by atoms with Crippen LogP contribution in [0.3, 0.4) is 0 Å². The van der Waals surface area contributed by atoms with E-state index in [1.54, 1.807) is 7.11 Å². The van der Waals surface area contributed by atoms with Gasteiger partial charge in [0.1, 0.15) is 17.6 Å². The number of methoxy groups -OCH3 is 1. The van der Waals surface area contributed by atoms with E-state index < -0.39 is 0 Å². The van der Waals surface area contributed by atoms with Crippen molar-refractivity contribution in [3.05, 3.63) is 45.9 Å². The van der Waals surface area contributed by atoms with Gasteiger partial charge in [-0.25, -0.2) is 0 Å². The Bertz CT molecular complexity index is 473. The van der Waals surface area contributed by atoms with E-state index in [1.165, 1.54) is 5.57 Å². The van der Waals surface area contributed by atoms with Gasteiger partial charge in [0.15, 0.2) is 0 Å². The standard InChI is InChI=1S/C15H18Br2O2/c1-9(16)6-15-13(10(2)18-3)8-11-7-12(17)4-5-14(11)19-15/h4,7,9,14H,2,5-6,8H2,1,3H3. The molecule has 2 unspecified atom stereocenters. The highest BCUT2D eigenvalue weighted by molar-refractivity contribution is 9.11. The molecule has 0 aromatic rings. The number of halogens is 2. The Morgan fingerprint density at radius 2 is 2.37 bits per heavy atom. The molecule has 2 rings (SSSR count). The van der Waals surface area contributed by atoms with Crippen LogP contribution in [0.15, 0.2) is 45.9 Å². The predicted octanol–water partition coefficient (Wildman–Crippen LogP) is 4.97. The summed E-state index contributed by atoms with van der Waals surface area (Å²) in [5.74, 6) is 1.71. The van der Waals surface area contributed by atoms with Crippen molar-refractivity contribution in [2.45, 2.75) is 37.1 Å². The summed E-state index contributed by atoms with van der Waals surface area (Å²) in [4.78, 5) is 0.374. The lowest BCUT2D eigenvalue weighted by Crippen LogP contribution is -2.25. The quantitative estimate of drug-likeness (QED) is 0.499. The first-order valence-corrected chi connectivity index (χ1v) is 8.04. The molecule has 1 aliphatic heterocycles. The Morgan fingerprint density at radius 1 is 1.63 bits per heavy atom. The highest BCUT2D eigenvalue weighted by Gasteiger charge is 2.29. The van der Waals surface area contributed by atoms with Crippen LogP contribution in [-0.4, -0.2) is 18.0 Å². The SMILES string of the molecule is C=C(OC)C1=C(CC(C)Br)OC2CC=C(Br)C=C2C1. The molecule has 104 valence electrons. The molecular weight excluding hydrogens is 372 g/mol. The maximum Gasteiger partial charge on any atom is 0.123 e. The summed E-state index contributed by atoms with van der Waals surface area (Å²) >= 11 is 7.12. The van der Waals surface area contributed by atoms with Gasteiger partial charge in [0.2, 0.25) is 0 Å². The zero-order valence-electron chi connectivity index (χ0n) is 11.2. The van der Waals surface area contributed by atoms with Crippen molar-refractivity contribution < 1.29 is 9.47 Å². The number of allylic oxidation sites excluding steroid dienone is 4. The lowest BCUT2D eigenvalue weighted by atomic mass is 9.90. The van der Waals surface area contributed by atoms with E-state index in [1.807, 2.05) is 0 Å². The van der Waals surface area contributed by atoms with Crippen molar-refractivity contribution in [3.8, 4) is 0 Å². The fourth-order valence-corrected chi connectivity index (χ4v) is 3.11. The first-order valence-electron chi connectivity index (χ1n) is 6.33. The number of alkyl halides is 1. The molecule has 0 spiro atoms. The fraction of sp³-hybridized carbons (Fsp3) is 0.467. The fourth-order valence-electron chi connectivity index (χ4n) is 2.34. The van der Waals surface area contributed by atoms with Gasteiger partial charge in [-0.3, -0.25) is 0 Å². The third kappa shape index (κ3) is 3.54. The largest absolute Gasteiger partial charge is 0.497 e. The molecule has 0 saturated carbocycles. The Labute approximate surface area is 131 Å². The minimum Gasteiger partial charge on any atom is -0.497 e. The average molecular weight is 390 g/mol. The zero-order valence-corrected chi connectivity index (χ0v) is 14.4. The summed E-state index contributed by atoms with van der Waals surface area (Å²) in [7, 11) is 1.65. The minimum atomic E-state index is 0.163. The molecule has 0 aromatic carbocycles. The Kier molecular flexibility index (Phi) is 4.96. The summed E-state index contributed by atoms with van der Waals surface area (Å²) in [6.45, 7) is 6.10. The number of rotatable bonds is 4. The minimum absolute atomic E-state index is 0.163. The third-order valence-corrected chi connectivity index (χ3v) is 4.19. The maximum absolute atomic E-state index is 6.16.